The molecule has 0 unspecified atom stereocenters. The highest BCUT2D eigenvalue weighted by molar-refractivity contribution is 5.98. The maximum Gasteiger partial charge on any atom is 0.115 e. The van der Waals surface area contributed by atoms with E-state index in [9.17, 15) is 5.11 Å². The molecule has 0 radical (unpaired) electrons. The molecule has 1 fully saturated rings. The molecule has 23 heavy (non-hydrogen) atoms. The number of rotatable bonds is 3. The number of aryl methyl sites for hydroxylation is 1. The first-order chi connectivity index (χ1) is 11.1. The molecule has 1 saturated heterocycles. The van der Waals surface area contributed by atoms with Crippen LogP contribution in [0, 0.1) is 6.92 Å². The summed E-state index contributed by atoms with van der Waals surface area (Å²) in [5.41, 5.74) is 4.61. The van der Waals surface area contributed by atoms with Gasteiger partial charge in [-0.05, 0) is 55.8 Å². The van der Waals surface area contributed by atoms with Gasteiger partial charge in [0.1, 0.15) is 5.75 Å². The van der Waals surface area contributed by atoms with E-state index in [4.69, 9.17) is 5.10 Å². The fraction of sp³-hybridized carbons (Fsp3) is 0.316. The van der Waals surface area contributed by atoms with Gasteiger partial charge < -0.3 is 10.0 Å². The molecule has 1 aliphatic rings. The van der Waals surface area contributed by atoms with Gasteiger partial charge in [-0.2, -0.15) is 5.10 Å². The number of hydrogen-bond acceptors (Lipinski definition) is 4. The van der Waals surface area contributed by atoms with E-state index < -0.39 is 0 Å². The highest BCUT2D eigenvalue weighted by atomic mass is 16.3. The van der Waals surface area contributed by atoms with Crippen molar-refractivity contribution in [3.05, 3.63) is 59.7 Å². The fourth-order valence-electron chi connectivity index (χ4n) is 2.78. The van der Waals surface area contributed by atoms with Crippen molar-refractivity contribution < 1.29 is 5.11 Å². The number of anilines is 1. The van der Waals surface area contributed by atoms with Crippen LogP contribution in [-0.2, 0) is 0 Å². The molecular weight excluding hydrogens is 286 g/mol. The fourth-order valence-corrected chi connectivity index (χ4v) is 2.78. The average molecular weight is 309 g/mol. The largest absolute Gasteiger partial charge is 0.508 e. The standard InChI is InChI=1S/C19H23N3O/c1-15-3-7-18(8-4-15)21-11-13-22(14-12-21)20-16(2)17-5-9-19(23)10-6-17/h3-10,23H,11-14H2,1-2H3. The van der Waals surface area contributed by atoms with Crippen molar-refractivity contribution in [3.63, 3.8) is 0 Å². The predicted octanol–water partition coefficient (Wildman–Crippen LogP) is 3.25. The minimum absolute atomic E-state index is 0.285. The van der Waals surface area contributed by atoms with E-state index in [2.05, 4.69) is 41.1 Å². The van der Waals surface area contributed by atoms with Crippen LogP contribution in [0.1, 0.15) is 18.1 Å². The Balaban J connectivity index is 1.61. The average Bonchev–Trinajstić information content (AvgIpc) is 2.57. The zero-order valence-corrected chi connectivity index (χ0v) is 13.7. The summed E-state index contributed by atoms with van der Waals surface area (Å²) in [6.07, 6.45) is 0. The maximum absolute atomic E-state index is 9.36. The molecule has 1 aliphatic heterocycles. The van der Waals surface area contributed by atoms with Crippen LogP contribution in [0.5, 0.6) is 5.75 Å². The SMILES string of the molecule is CC(=NN1CCN(c2ccc(C)cc2)CC1)c1ccc(O)cc1. The second kappa shape index (κ2) is 6.73. The number of hydrazone groups is 1. The van der Waals surface area contributed by atoms with Gasteiger partial charge in [-0.15, -0.1) is 0 Å². The number of benzene rings is 2. The summed E-state index contributed by atoms with van der Waals surface area (Å²) in [7, 11) is 0. The van der Waals surface area contributed by atoms with Crippen LogP contribution in [0.15, 0.2) is 53.6 Å². The van der Waals surface area contributed by atoms with Gasteiger partial charge in [0.25, 0.3) is 0 Å². The Bertz CT molecular complexity index is 669. The molecule has 1 N–H and O–H groups in total. The zero-order valence-electron chi connectivity index (χ0n) is 13.7. The van der Waals surface area contributed by atoms with Crippen LogP contribution in [0.4, 0.5) is 5.69 Å². The third-order valence-electron chi connectivity index (χ3n) is 4.23. The molecule has 0 atom stereocenters. The molecule has 0 bridgehead atoms. The second-order valence-electron chi connectivity index (χ2n) is 6.01. The molecule has 0 amide bonds. The van der Waals surface area contributed by atoms with Crippen LogP contribution >= 0.6 is 0 Å². The monoisotopic (exact) mass is 309 g/mol. The lowest BCUT2D eigenvalue weighted by atomic mass is 10.1. The smallest absolute Gasteiger partial charge is 0.115 e. The van der Waals surface area contributed by atoms with Crippen molar-refractivity contribution in [1.29, 1.82) is 0 Å². The Kier molecular flexibility index (Phi) is 4.51. The Morgan fingerprint density at radius 1 is 0.913 bits per heavy atom. The molecule has 4 heteroatoms. The quantitative estimate of drug-likeness (QED) is 0.885. The number of phenolic OH excluding ortho intramolecular Hbond substituents is 1. The third kappa shape index (κ3) is 3.83. The van der Waals surface area contributed by atoms with Gasteiger partial charge in [-0.3, -0.25) is 5.01 Å². The summed E-state index contributed by atoms with van der Waals surface area (Å²) in [5, 5.41) is 16.2. The molecule has 3 rings (SSSR count). The van der Waals surface area contributed by atoms with E-state index in [1.165, 1.54) is 11.3 Å². The molecule has 2 aromatic rings. The van der Waals surface area contributed by atoms with Crippen LogP contribution in [0.25, 0.3) is 0 Å². The lowest BCUT2D eigenvalue weighted by Gasteiger charge is -2.35. The van der Waals surface area contributed by atoms with E-state index in [1.54, 1.807) is 12.1 Å². The van der Waals surface area contributed by atoms with Gasteiger partial charge in [0.15, 0.2) is 0 Å². The Hall–Kier alpha value is -2.49. The normalized spacial score (nSPS) is 15.8. The Labute approximate surface area is 137 Å². The first-order valence-corrected chi connectivity index (χ1v) is 8.03. The van der Waals surface area contributed by atoms with Crippen molar-refractivity contribution in [2.75, 3.05) is 31.1 Å². The number of piperazine rings is 1. The number of phenols is 1. The predicted molar refractivity (Wildman–Crippen MR) is 95.3 cm³/mol. The van der Waals surface area contributed by atoms with Crippen molar-refractivity contribution in [2.45, 2.75) is 13.8 Å². The minimum atomic E-state index is 0.285. The first kappa shape index (κ1) is 15.4. The topological polar surface area (TPSA) is 39.1 Å². The van der Waals surface area contributed by atoms with Crippen molar-refractivity contribution in [3.8, 4) is 5.75 Å². The highest BCUT2D eigenvalue weighted by Crippen LogP contribution is 2.17. The molecular formula is C19H23N3O. The summed E-state index contributed by atoms with van der Waals surface area (Å²) in [5.74, 6) is 0.285. The zero-order chi connectivity index (χ0) is 16.2. The second-order valence-corrected chi connectivity index (χ2v) is 6.01. The van der Waals surface area contributed by atoms with Gasteiger partial charge in [0.05, 0.1) is 18.8 Å². The molecule has 0 spiro atoms. The number of hydrogen-bond donors (Lipinski definition) is 1. The Morgan fingerprint density at radius 2 is 1.52 bits per heavy atom. The van der Waals surface area contributed by atoms with Crippen LogP contribution in [0.3, 0.4) is 0 Å². The van der Waals surface area contributed by atoms with Crippen molar-refractivity contribution in [2.24, 2.45) is 5.10 Å². The summed E-state index contributed by atoms with van der Waals surface area (Å²) in [6.45, 7) is 7.93. The van der Waals surface area contributed by atoms with Crippen LogP contribution in [-0.4, -0.2) is 42.0 Å². The molecule has 0 aliphatic carbocycles. The molecule has 2 aromatic carbocycles. The molecule has 0 aromatic heterocycles. The lowest BCUT2D eigenvalue weighted by molar-refractivity contribution is 0.270. The summed E-state index contributed by atoms with van der Waals surface area (Å²) >= 11 is 0. The minimum Gasteiger partial charge on any atom is -0.508 e. The third-order valence-corrected chi connectivity index (χ3v) is 4.23. The van der Waals surface area contributed by atoms with E-state index in [0.717, 1.165) is 37.5 Å². The van der Waals surface area contributed by atoms with E-state index in [-0.39, 0.29) is 5.75 Å². The van der Waals surface area contributed by atoms with Crippen LogP contribution in [0.2, 0.25) is 0 Å². The lowest BCUT2D eigenvalue weighted by Crippen LogP contribution is -2.44. The van der Waals surface area contributed by atoms with E-state index in [1.807, 2.05) is 19.1 Å². The van der Waals surface area contributed by atoms with Crippen molar-refractivity contribution in [1.82, 2.24) is 5.01 Å². The molecule has 0 saturated carbocycles. The number of nitrogens with zero attached hydrogens (tertiary/aromatic N) is 3. The van der Waals surface area contributed by atoms with Crippen LogP contribution < -0.4 is 4.90 Å². The summed E-state index contributed by atoms with van der Waals surface area (Å²) in [6, 6.07) is 15.9. The van der Waals surface area contributed by atoms with Gasteiger partial charge in [-0.25, -0.2) is 0 Å². The van der Waals surface area contributed by atoms with Crippen molar-refractivity contribution >= 4 is 11.4 Å². The Morgan fingerprint density at radius 3 is 2.13 bits per heavy atom. The first-order valence-electron chi connectivity index (χ1n) is 8.03. The highest BCUT2D eigenvalue weighted by Gasteiger charge is 2.16. The molecule has 120 valence electrons. The number of aromatic hydroxyl groups is 1. The molecule has 4 nitrogen and oxygen atoms in total. The maximum atomic E-state index is 9.36. The van der Waals surface area contributed by atoms with E-state index in [0.29, 0.717) is 0 Å². The van der Waals surface area contributed by atoms with E-state index >= 15 is 0 Å². The molecule has 1 heterocycles. The van der Waals surface area contributed by atoms with Gasteiger partial charge in [0, 0.05) is 18.8 Å². The summed E-state index contributed by atoms with van der Waals surface area (Å²) < 4.78 is 0. The van der Waals surface area contributed by atoms with Gasteiger partial charge in [-0.1, -0.05) is 17.7 Å². The summed E-state index contributed by atoms with van der Waals surface area (Å²) in [4.78, 5) is 2.40. The van der Waals surface area contributed by atoms with Gasteiger partial charge >= 0.3 is 0 Å². The van der Waals surface area contributed by atoms with Gasteiger partial charge in [0.2, 0.25) is 0 Å².